The van der Waals surface area contributed by atoms with Gasteiger partial charge in [-0.2, -0.15) is 0 Å². The third kappa shape index (κ3) is 2.79. The van der Waals surface area contributed by atoms with Crippen LogP contribution in [-0.2, 0) is 0 Å². The minimum atomic E-state index is -0.184. The van der Waals surface area contributed by atoms with Crippen LogP contribution in [0.1, 0.15) is 26.3 Å². The van der Waals surface area contributed by atoms with Gasteiger partial charge in [0, 0.05) is 11.6 Å². The highest BCUT2D eigenvalue weighted by atomic mass is 16.5. The summed E-state index contributed by atoms with van der Waals surface area (Å²) in [6.45, 7) is 4.03. The highest BCUT2D eigenvalue weighted by Gasteiger charge is 2.17. The van der Waals surface area contributed by atoms with Crippen molar-refractivity contribution >= 4 is 5.69 Å². The van der Waals surface area contributed by atoms with Crippen molar-refractivity contribution in [2.75, 3.05) is 20.0 Å². The molecule has 0 spiro atoms. The van der Waals surface area contributed by atoms with Crippen LogP contribution in [0.25, 0.3) is 11.3 Å². The number of nitrogen functional groups attached to an aromatic ring is 1. The maximum atomic E-state index is 12.5. The topological polar surface area (TPSA) is 66.5 Å². The van der Waals surface area contributed by atoms with E-state index in [0.29, 0.717) is 11.5 Å². The number of methoxy groups -OCH3 is 2. The summed E-state index contributed by atoms with van der Waals surface area (Å²) in [6, 6.07) is 9.03. The summed E-state index contributed by atoms with van der Waals surface area (Å²) >= 11 is 0. The van der Waals surface area contributed by atoms with Crippen LogP contribution >= 0.6 is 0 Å². The third-order valence-electron chi connectivity index (χ3n) is 3.86. The van der Waals surface area contributed by atoms with E-state index in [-0.39, 0.29) is 17.3 Å². The SMILES string of the molecule is CCC(C)n1c(-c2cc(OC)ccc2OC)ccc(N)c1=O. The Morgan fingerprint density at radius 1 is 1.18 bits per heavy atom. The van der Waals surface area contributed by atoms with Gasteiger partial charge in [-0.15, -0.1) is 0 Å². The summed E-state index contributed by atoms with van der Waals surface area (Å²) in [5.41, 5.74) is 7.43. The van der Waals surface area contributed by atoms with E-state index in [2.05, 4.69) is 0 Å². The molecule has 2 N–H and O–H groups in total. The average Bonchev–Trinajstić information content (AvgIpc) is 2.55. The van der Waals surface area contributed by atoms with Gasteiger partial charge in [-0.3, -0.25) is 4.79 Å². The van der Waals surface area contributed by atoms with E-state index in [1.807, 2.05) is 38.1 Å². The lowest BCUT2D eigenvalue weighted by atomic mass is 10.1. The number of anilines is 1. The molecule has 0 radical (unpaired) electrons. The van der Waals surface area contributed by atoms with E-state index in [0.717, 1.165) is 17.7 Å². The molecule has 1 heterocycles. The van der Waals surface area contributed by atoms with Gasteiger partial charge in [0.25, 0.3) is 5.56 Å². The van der Waals surface area contributed by atoms with E-state index in [9.17, 15) is 4.79 Å². The highest BCUT2D eigenvalue weighted by molar-refractivity contribution is 5.70. The average molecular weight is 302 g/mol. The fraction of sp³-hybridized carbons (Fsp3) is 0.353. The molecule has 5 heteroatoms. The first kappa shape index (κ1) is 15.9. The number of aromatic nitrogens is 1. The number of hydrogen-bond acceptors (Lipinski definition) is 4. The van der Waals surface area contributed by atoms with Gasteiger partial charge in [-0.05, 0) is 43.7 Å². The molecule has 1 aromatic heterocycles. The first-order valence-electron chi connectivity index (χ1n) is 7.26. The highest BCUT2D eigenvalue weighted by Crippen LogP contribution is 2.34. The Morgan fingerprint density at radius 2 is 1.91 bits per heavy atom. The lowest BCUT2D eigenvalue weighted by molar-refractivity contribution is 0.403. The molecule has 5 nitrogen and oxygen atoms in total. The van der Waals surface area contributed by atoms with Crippen molar-refractivity contribution in [1.29, 1.82) is 0 Å². The van der Waals surface area contributed by atoms with Gasteiger partial charge in [-0.25, -0.2) is 0 Å². The van der Waals surface area contributed by atoms with E-state index >= 15 is 0 Å². The smallest absolute Gasteiger partial charge is 0.274 e. The molecule has 1 aromatic carbocycles. The standard InChI is InChI=1S/C17H22N2O3/c1-5-11(2)19-15(8-7-14(18)17(19)20)13-10-12(21-3)6-9-16(13)22-4/h6-11H,5,18H2,1-4H3. The van der Waals surface area contributed by atoms with E-state index < -0.39 is 0 Å². The van der Waals surface area contributed by atoms with Crippen molar-refractivity contribution in [1.82, 2.24) is 4.57 Å². The zero-order chi connectivity index (χ0) is 16.3. The van der Waals surface area contributed by atoms with E-state index in [4.69, 9.17) is 15.2 Å². The predicted octanol–water partition coefficient (Wildman–Crippen LogP) is 3.09. The molecule has 1 unspecified atom stereocenters. The van der Waals surface area contributed by atoms with Gasteiger partial charge in [0.05, 0.1) is 25.6 Å². The number of nitrogens with zero attached hydrogens (tertiary/aromatic N) is 1. The first-order valence-corrected chi connectivity index (χ1v) is 7.26. The largest absolute Gasteiger partial charge is 0.497 e. The molecule has 0 bridgehead atoms. The minimum Gasteiger partial charge on any atom is -0.497 e. The fourth-order valence-electron chi connectivity index (χ4n) is 2.42. The summed E-state index contributed by atoms with van der Waals surface area (Å²) < 4.78 is 12.4. The third-order valence-corrected chi connectivity index (χ3v) is 3.86. The molecule has 0 amide bonds. The monoisotopic (exact) mass is 302 g/mol. The Labute approximate surface area is 130 Å². The van der Waals surface area contributed by atoms with Crippen molar-refractivity contribution in [3.05, 3.63) is 40.7 Å². The second-order valence-electron chi connectivity index (χ2n) is 5.17. The molecule has 0 fully saturated rings. The molecule has 0 aliphatic rings. The maximum Gasteiger partial charge on any atom is 0.274 e. The molecular formula is C17H22N2O3. The number of ether oxygens (including phenoxy) is 2. The van der Waals surface area contributed by atoms with Crippen LogP contribution in [0.4, 0.5) is 5.69 Å². The second kappa shape index (κ2) is 6.56. The molecule has 0 saturated carbocycles. The fourth-order valence-corrected chi connectivity index (χ4v) is 2.42. The van der Waals surface area contributed by atoms with E-state index in [1.54, 1.807) is 24.9 Å². The Morgan fingerprint density at radius 3 is 2.50 bits per heavy atom. The number of pyridine rings is 1. The normalized spacial score (nSPS) is 12.0. The van der Waals surface area contributed by atoms with Gasteiger partial charge in [0.2, 0.25) is 0 Å². The van der Waals surface area contributed by atoms with Crippen LogP contribution in [0, 0.1) is 0 Å². The molecule has 0 saturated heterocycles. The molecule has 22 heavy (non-hydrogen) atoms. The maximum absolute atomic E-state index is 12.5. The van der Waals surface area contributed by atoms with Gasteiger partial charge < -0.3 is 19.8 Å². The van der Waals surface area contributed by atoms with Crippen LogP contribution in [-0.4, -0.2) is 18.8 Å². The zero-order valence-electron chi connectivity index (χ0n) is 13.4. The number of hydrogen-bond donors (Lipinski definition) is 1. The zero-order valence-corrected chi connectivity index (χ0v) is 13.4. The number of benzene rings is 1. The number of rotatable bonds is 5. The summed E-state index contributed by atoms with van der Waals surface area (Å²) in [4.78, 5) is 12.5. The van der Waals surface area contributed by atoms with Crippen LogP contribution in [0.15, 0.2) is 35.1 Å². The number of nitrogens with two attached hydrogens (primary N) is 1. The van der Waals surface area contributed by atoms with Gasteiger partial charge in [0.15, 0.2) is 0 Å². The first-order chi connectivity index (χ1) is 10.5. The molecule has 2 aromatic rings. The predicted molar refractivity (Wildman–Crippen MR) is 88.7 cm³/mol. The summed E-state index contributed by atoms with van der Waals surface area (Å²) in [7, 11) is 3.21. The van der Waals surface area contributed by atoms with Crippen molar-refractivity contribution in [2.45, 2.75) is 26.3 Å². The van der Waals surface area contributed by atoms with E-state index in [1.165, 1.54) is 0 Å². The Hall–Kier alpha value is -2.43. The quantitative estimate of drug-likeness (QED) is 0.921. The van der Waals surface area contributed by atoms with Crippen LogP contribution in [0.2, 0.25) is 0 Å². The lowest BCUT2D eigenvalue weighted by Gasteiger charge is -2.21. The molecular weight excluding hydrogens is 280 g/mol. The lowest BCUT2D eigenvalue weighted by Crippen LogP contribution is -2.26. The van der Waals surface area contributed by atoms with Crippen molar-refractivity contribution in [3.8, 4) is 22.8 Å². The minimum absolute atomic E-state index is 0.0295. The molecule has 118 valence electrons. The van der Waals surface area contributed by atoms with Crippen molar-refractivity contribution in [2.24, 2.45) is 0 Å². The Kier molecular flexibility index (Phi) is 4.75. The molecule has 2 rings (SSSR count). The molecule has 0 aliphatic carbocycles. The summed E-state index contributed by atoms with van der Waals surface area (Å²) in [5, 5.41) is 0. The summed E-state index contributed by atoms with van der Waals surface area (Å²) in [6.07, 6.45) is 0.822. The van der Waals surface area contributed by atoms with Crippen molar-refractivity contribution < 1.29 is 9.47 Å². The van der Waals surface area contributed by atoms with Gasteiger partial charge >= 0.3 is 0 Å². The molecule has 1 atom stereocenters. The van der Waals surface area contributed by atoms with Crippen LogP contribution in [0.5, 0.6) is 11.5 Å². The van der Waals surface area contributed by atoms with Crippen LogP contribution < -0.4 is 20.8 Å². The van der Waals surface area contributed by atoms with Crippen LogP contribution in [0.3, 0.4) is 0 Å². The Bertz CT molecular complexity index is 722. The van der Waals surface area contributed by atoms with Crippen molar-refractivity contribution in [3.63, 3.8) is 0 Å². The molecule has 0 aliphatic heterocycles. The Balaban J connectivity index is 2.77. The second-order valence-corrected chi connectivity index (χ2v) is 5.17. The van der Waals surface area contributed by atoms with Gasteiger partial charge in [0.1, 0.15) is 11.5 Å². The summed E-state index contributed by atoms with van der Waals surface area (Å²) in [5.74, 6) is 1.39. The van der Waals surface area contributed by atoms with Gasteiger partial charge in [-0.1, -0.05) is 6.92 Å².